The maximum absolute atomic E-state index is 10.5. The molecule has 148 valence electrons. The van der Waals surface area contributed by atoms with Crippen molar-refractivity contribution >= 4 is 28.7 Å². The van der Waals surface area contributed by atoms with Crippen LogP contribution in [0, 0.1) is 0 Å². The van der Waals surface area contributed by atoms with Crippen molar-refractivity contribution in [3.63, 3.8) is 0 Å². The summed E-state index contributed by atoms with van der Waals surface area (Å²) in [4.78, 5) is 12.3. The molecule has 4 N–H and O–H groups in total. The van der Waals surface area contributed by atoms with E-state index in [1.54, 1.807) is 23.4 Å². The lowest BCUT2D eigenvalue weighted by atomic mass is 10.1. The Balaban J connectivity index is 1.41. The van der Waals surface area contributed by atoms with Gasteiger partial charge in [0.2, 0.25) is 0 Å². The first-order valence-electron chi connectivity index (χ1n) is 8.73. The molecule has 10 heteroatoms. The van der Waals surface area contributed by atoms with Crippen LogP contribution in [0.1, 0.15) is 11.8 Å². The van der Waals surface area contributed by atoms with Crippen LogP contribution in [-0.2, 0) is 10.5 Å². The van der Waals surface area contributed by atoms with Crippen LogP contribution in [0.25, 0.3) is 11.2 Å². The first kappa shape index (κ1) is 18.9. The zero-order valence-corrected chi connectivity index (χ0v) is 16.0. The Morgan fingerprint density at radius 2 is 1.96 bits per heavy atom. The Hall–Kier alpha value is -2.40. The number of methoxy groups -OCH3 is 1. The predicted octanol–water partition coefficient (Wildman–Crippen LogP) is 0.970. The number of nitrogens with two attached hydrogens (primary N) is 1. The lowest BCUT2D eigenvalue weighted by molar-refractivity contribution is -0.0289. The van der Waals surface area contributed by atoms with E-state index in [2.05, 4.69) is 15.0 Å². The molecule has 0 radical (unpaired) electrons. The second-order valence-corrected chi connectivity index (χ2v) is 7.52. The van der Waals surface area contributed by atoms with Crippen molar-refractivity contribution in [3.05, 3.63) is 42.5 Å². The second-order valence-electron chi connectivity index (χ2n) is 6.49. The summed E-state index contributed by atoms with van der Waals surface area (Å²) < 4.78 is 12.7. The number of aromatic nitrogens is 4. The molecule has 28 heavy (non-hydrogen) atoms. The van der Waals surface area contributed by atoms with Crippen molar-refractivity contribution in [1.82, 2.24) is 19.5 Å². The minimum atomic E-state index is -1.10. The molecule has 1 fully saturated rings. The van der Waals surface area contributed by atoms with E-state index in [1.165, 1.54) is 12.7 Å². The molecule has 0 unspecified atom stereocenters. The Bertz CT molecular complexity index is 951. The summed E-state index contributed by atoms with van der Waals surface area (Å²) in [6.07, 6.45) is -0.593. The predicted molar refractivity (Wildman–Crippen MR) is 105 cm³/mol. The number of hydrogen-bond acceptors (Lipinski definition) is 9. The molecule has 3 aromatic rings. The number of imidazole rings is 1. The van der Waals surface area contributed by atoms with Gasteiger partial charge in [-0.1, -0.05) is 12.1 Å². The van der Waals surface area contributed by atoms with E-state index in [1.807, 2.05) is 24.3 Å². The summed E-state index contributed by atoms with van der Waals surface area (Å²) in [5.74, 6) is 2.36. The molecule has 1 aliphatic heterocycles. The smallest absolute Gasteiger partial charge is 0.167 e. The molecule has 3 heterocycles. The third-order valence-electron chi connectivity index (χ3n) is 4.71. The second kappa shape index (κ2) is 7.92. The summed E-state index contributed by atoms with van der Waals surface area (Å²) in [6.45, 7) is 0. The normalized spacial score (nSPS) is 24.7. The van der Waals surface area contributed by atoms with Gasteiger partial charge in [-0.2, -0.15) is 11.8 Å². The molecular weight excluding hydrogens is 382 g/mol. The van der Waals surface area contributed by atoms with Gasteiger partial charge in [0.1, 0.15) is 29.8 Å². The molecule has 0 amide bonds. The summed E-state index contributed by atoms with van der Waals surface area (Å²) in [7, 11) is 1.63. The van der Waals surface area contributed by atoms with Crippen LogP contribution >= 0.6 is 11.8 Å². The maximum Gasteiger partial charge on any atom is 0.167 e. The van der Waals surface area contributed by atoms with Crippen LogP contribution in [0.4, 0.5) is 5.82 Å². The number of ether oxygens (including phenoxy) is 2. The SMILES string of the molecule is COc1ccc(CSC[C@H]2O[C@@H](n3cnc4c(N)ncnc43)[C@H](O)[C@@H]2O)cc1. The van der Waals surface area contributed by atoms with E-state index in [0.29, 0.717) is 16.9 Å². The fraction of sp³-hybridized carbons (Fsp3) is 0.389. The standard InChI is InChI=1S/C18H21N5O4S/c1-26-11-4-2-10(3-5-11)6-28-7-12-14(24)15(25)18(27-12)23-9-22-13-16(19)20-8-21-17(13)23/h2-5,8-9,12,14-15,18,24-25H,6-7H2,1H3,(H2,19,20,21)/t12-,14-,15-,18-/m1/s1. The largest absolute Gasteiger partial charge is 0.497 e. The molecule has 0 bridgehead atoms. The van der Waals surface area contributed by atoms with Crippen molar-refractivity contribution in [2.24, 2.45) is 0 Å². The Kier molecular flexibility index (Phi) is 5.36. The van der Waals surface area contributed by atoms with E-state index in [0.717, 1.165) is 17.1 Å². The maximum atomic E-state index is 10.5. The number of nitrogens with zero attached hydrogens (tertiary/aromatic N) is 4. The Morgan fingerprint density at radius 3 is 2.71 bits per heavy atom. The molecule has 1 aromatic carbocycles. The number of thioether (sulfide) groups is 1. The number of hydrogen-bond donors (Lipinski definition) is 3. The number of anilines is 1. The van der Waals surface area contributed by atoms with E-state index < -0.39 is 24.5 Å². The van der Waals surface area contributed by atoms with Crippen molar-refractivity contribution in [2.45, 2.75) is 30.3 Å². The highest BCUT2D eigenvalue weighted by atomic mass is 32.2. The van der Waals surface area contributed by atoms with Crippen LogP contribution in [0.3, 0.4) is 0 Å². The van der Waals surface area contributed by atoms with Crippen molar-refractivity contribution in [1.29, 1.82) is 0 Å². The molecular formula is C18H21N5O4S. The third kappa shape index (κ3) is 3.51. The van der Waals surface area contributed by atoms with Crippen LogP contribution in [0.2, 0.25) is 0 Å². The topological polar surface area (TPSA) is 129 Å². The fourth-order valence-corrected chi connectivity index (χ4v) is 4.22. The Morgan fingerprint density at radius 1 is 1.18 bits per heavy atom. The van der Waals surface area contributed by atoms with E-state index in [9.17, 15) is 10.2 Å². The first-order chi connectivity index (χ1) is 13.6. The molecule has 2 aromatic heterocycles. The summed E-state index contributed by atoms with van der Waals surface area (Å²) >= 11 is 1.62. The minimum Gasteiger partial charge on any atom is -0.497 e. The zero-order chi connectivity index (χ0) is 19.7. The van der Waals surface area contributed by atoms with Crippen LogP contribution in [0.15, 0.2) is 36.9 Å². The number of fused-ring (bicyclic) bond motifs is 1. The molecule has 0 spiro atoms. The molecule has 4 atom stereocenters. The number of benzene rings is 1. The third-order valence-corrected chi connectivity index (χ3v) is 5.81. The highest BCUT2D eigenvalue weighted by Crippen LogP contribution is 2.33. The number of rotatable bonds is 6. The zero-order valence-electron chi connectivity index (χ0n) is 15.2. The van der Waals surface area contributed by atoms with Gasteiger partial charge < -0.3 is 25.4 Å². The highest BCUT2D eigenvalue weighted by Gasteiger charge is 2.44. The van der Waals surface area contributed by atoms with Gasteiger partial charge in [-0.05, 0) is 17.7 Å². The van der Waals surface area contributed by atoms with Gasteiger partial charge in [0.15, 0.2) is 17.7 Å². The van der Waals surface area contributed by atoms with Crippen molar-refractivity contribution in [2.75, 3.05) is 18.6 Å². The molecule has 1 aliphatic rings. The van der Waals surface area contributed by atoms with Gasteiger partial charge in [0.25, 0.3) is 0 Å². The summed E-state index contributed by atoms with van der Waals surface area (Å²) in [5.41, 5.74) is 7.84. The summed E-state index contributed by atoms with van der Waals surface area (Å²) in [5, 5.41) is 20.9. The lowest BCUT2D eigenvalue weighted by Gasteiger charge is -2.16. The van der Waals surface area contributed by atoms with Gasteiger partial charge in [-0.15, -0.1) is 0 Å². The van der Waals surface area contributed by atoms with Gasteiger partial charge in [0.05, 0.1) is 19.5 Å². The van der Waals surface area contributed by atoms with Gasteiger partial charge in [-0.3, -0.25) is 4.57 Å². The van der Waals surface area contributed by atoms with Gasteiger partial charge in [-0.25, -0.2) is 15.0 Å². The average molecular weight is 403 g/mol. The molecule has 9 nitrogen and oxygen atoms in total. The van der Waals surface area contributed by atoms with Crippen molar-refractivity contribution < 1.29 is 19.7 Å². The van der Waals surface area contributed by atoms with Crippen LogP contribution in [-0.4, -0.2) is 60.9 Å². The van der Waals surface area contributed by atoms with E-state index in [4.69, 9.17) is 15.2 Å². The monoisotopic (exact) mass is 403 g/mol. The average Bonchev–Trinajstić information content (AvgIpc) is 3.26. The molecule has 0 aliphatic carbocycles. The Labute approximate surface area is 165 Å². The van der Waals surface area contributed by atoms with Gasteiger partial charge in [0, 0.05) is 11.5 Å². The number of aliphatic hydroxyl groups excluding tert-OH is 2. The fourth-order valence-electron chi connectivity index (χ4n) is 3.17. The van der Waals surface area contributed by atoms with Gasteiger partial charge >= 0.3 is 0 Å². The van der Waals surface area contributed by atoms with Crippen molar-refractivity contribution in [3.8, 4) is 5.75 Å². The summed E-state index contributed by atoms with van der Waals surface area (Å²) in [6, 6.07) is 7.82. The minimum absolute atomic E-state index is 0.253. The number of aliphatic hydroxyl groups is 2. The molecule has 1 saturated heterocycles. The first-order valence-corrected chi connectivity index (χ1v) is 9.89. The van der Waals surface area contributed by atoms with E-state index >= 15 is 0 Å². The highest BCUT2D eigenvalue weighted by molar-refractivity contribution is 7.98. The lowest BCUT2D eigenvalue weighted by Crippen LogP contribution is -2.32. The number of nitrogen functional groups attached to an aromatic ring is 1. The quantitative estimate of drug-likeness (QED) is 0.551. The molecule has 0 saturated carbocycles. The van der Waals surface area contributed by atoms with Crippen LogP contribution in [0.5, 0.6) is 5.75 Å². The van der Waals surface area contributed by atoms with Crippen LogP contribution < -0.4 is 10.5 Å². The molecule has 4 rings (SSSR count). The van der Waals surface area contributed by atoms with E-state index in [-0.39, 0.29) is 5.82 Å².